The molecule has 0 unspecified atom stereocenters. The number of methoxy groups -OCH3 is 1. The molecule has 0 N–H and O–H groups in total. The van der Waals surface area contributed by atoms with Crippen LogP contribution in [0.2, 0.25) is 0 Å². The predicted octanol–water partition coefficient (Wildman–Crippen LogP) is 0.713. The molecule has 94 valence electrons. The molecule has 0 saturated heterocycles. The number of hydrogen-bond acceptors (Lipinski definition) is 6. The SMILES string of the molecule is CCOC(=O)[C@H](C#N)C=NCCCC(=O)OC. The number of nitrogens with zero attached hydrogens (tertiary/aromatic N) is 2. The van der Waals surface area contributed by atoms with Gasteiger partial charge >= 0.3 is 11.9 Å². The Bertz CT molecular complexity index is 320. The van der Waals surface area contributed by atoms with Gasteiger partial charge in [-0.15, -0.1) is 0 Å². The largest absolute Gasteiger partial charge is 0.469 e. The van der Waals surface area contributed by atoms with Crippen LogP contribution in [0, 0.1) is 17.2 Å². The third-order valence-corrected chi connectivity index (χ3v) is 1.83. The van der Waals surface area contributed by atoms with E-state index in [1.165, 1.54) is 13.3 Å². The second-order valence-electron chi connectivity index (χ2n) is 3.09. The summed E-state index contributed by atoms with van der Waals surface area (Å²) in [6.07, 6.45) is 2.03. The Hall–Kier alpha value is -1.90. The summed E-state index contributed by atoms with van der Waals surface area (Å²) in [6.45, 7) is 2.26. The van der Waals surface area contributed by atoms with E-state index in [1.807, 2.05) is 0 Å². The maximum Gasteiger partial charge on any atom is 0.328 e. The molecule has 0 aliphatic carbocycles. The Morgan fingerprint density at radius 2 is 2.24 bits per heavy atom. The Morgan fingerprint density at radius 1 is 1.53 bits per heavy atom. The van der Waals surface area contributed by atoms with Crippen molar-refractivity contribution in [2.45, 2.75) is 19.8 Å². The van der Waals surface area contributed by atoms with E-state index < -0.39 is 11.9 Å². The minimum Gasteiger partial charge on any atom is -0.469 e. The molecule has 6 heteroatoms. The fraction of sp³-hybridized carbons (Fsp3) is 0.636. The first-order valence-corrected chi connectivity index (χ1v) is 5.28. The Morgan fingerprint density at radius 3 is 2.76 bits per heavy atom. The molecule has 0 aliphatic heterocycles. The van der Waals surface area contributed by atoms with Crippen molar-refractivity contribution in [1.29, 1.82) is 5.26 Å². The van der Waals surface area contributed by atoms with Crippen LogP contribution in [0.15, 0.2) is 4.99 Å². The number of esters is 2. The van der Waals surface area contributed by atoms with Crippen molar-refractivity contribution in [2.24, 2.45) is 10.9 Å². The third-order valence-electron chi connectivity index (χ3n) is 1.83. The lowest BCUT2D eigenvalue weighted by Gasteiger charge is -2.02. The Kier molecular flexibility index (Phi) is 8.29. The van der Waals surface area contributed by atoms with Gasteiger partial charge < -0.3 is 9.47 Å². The van der Waals surface area contributed by atoms with E-state index in [9.17, 15) is 9.59 Å². The second-order valence-corrected chi connectivity index (χ2v) is 3.09. The van der Waals surface area contributed by atoms with Crippen LogP contribution in [-0.2, 0) is 19.1 Å². The zero-order valence-corrected chi connectivity index (χ0v) is 10.0. The van der Waals surface area contributed by atoms with Crippen LogP contribution in [0.4, 0.5) is 0 Å². The molecule has 0 amide bonds. The quantitative estimate of drug-likeness (QED) is 0.371. The van der Waals surface area contributed by atoms with Crippen LogP contribution in [0.25, 0.3) is 0 Å². The number of aliphatic imine (C=N–C) groups is 1. The van der Waals surface area contributed by atoms with Crippen LogP contribution >= 0.6 is 0 Å². The number of carbonyl (C=O) groups excluding carboxylic acids is 2. The van der Waals surface area contributed by atoms with Crippen molar-refractivity contribution < 1.29 is 19.1 Å². The molecule has 0 spiro atoms. The predicted molar refractivity (Wildman–Crippen MR) is 60.3 cm³/mol. The number of hydrogen-bond donors (Lipinski definition) is 0. The molecule has 0 bridgehead atoms. The highest BCUT2D eigenvalue weighted by Crippen LogP contribution is 1.97. The minimum absolute atomic E-state index is 0.229. The highest BCUT2D eigenvalue weighted by atomic mass is 16.5. The van der Waals surface area contributed by atoms with Crippen LogP contribution in [0.1, 0.15) is 19.8 Å². The maximum absolute atomic E-state index is 11.2. The Balaban J connectivity index is 3.92. The van der Waals surface area contributed by atoms with E-state index in [4.69, 9.17) is 5.26 Å². The van der Waals surface area contributed by atoms with Gasteiger partial charge in [-0.25, -0.2) is 0 Å². The summed E-state index contributed by atoms with van der Waals surface area (Å²) in [4.78, 5) is 25.8. The molecule has 0 aromatic carbocycles. The lowest BCUT2D eigenvalue weighted by atomic mass is 10.2. The highest BCUT2D eigenvalue weighted by molar-refractivity contribution is 5.92. The second kappa shape index (κ2) is 9.33. The standard InChI is InChI=1S/C11H16N2O4/c1-3-17-11(15)9(7-12)8-13-6-4-5-10(14)16-2/h8-9H,3-6H2,1-2H3/t9-/m1/s1. The molecule has 0 radical (unpaired) electrons. The van der Waals surface area contributed by atoms with E-state index in [0.29, 0.717) is 13.0 Å². The van der Waals surface area contributed by atoms with Crippen LogP contribution < -0.4 is 0 Å². The van der Waals surface area contributed by atoms with Crippen molar-refractivity contribution in [3.05, 3.63) is 0 Å². The maximum atomic E-state index is 11.2. The normalized spacial score (nSPS) is 11.8. The molecule has 17 heavy (non-hydrogen) atoms. The number of nitriles is 1. The molecule has 6 nitrogen and oxygen atoms in total. The number of ether oxygens (including phenoxy) is 2. The summed E-state index contributed by atoms with van der Waals surface area (Å²) in [5, 5.41) is 8.69. The first-order valence-electron chi connectivity index (χ1n) is 5.28. The molecule has 0 rings (SSSR count). The van der Waals surface area contributed by atoms with Gasteiger partial charge in [0.1, 0.15) is 0 Å². The summed E-state index contributed by atoms with van der Waals surface area (Å²) in [6, 6.07) is 1.78. The molecule has 1 atom stereocenters. The summed E-state index contributed by atoms with van der Waals surface area (Å²) >= 11 is 0. The smallest absolute Gasteiger partial charge is 0.328 e. The van der Waals surface area contributed by atoms with Gasteiger partial charge in [-0.1, -0.05) is 0 Å². The fourth-order valence-electron chi connectivity index (χ4n) is 0.976. The molecular formula is C11H16N2O4. The lowest BCUT2D eigenvalue weighted by Crippen LogP contribution is -2.17. The van der Waals surface area contributed by atoms with Crippen molar-refractivity contribution in [1.82, 2.24) is 0 Å². The summed E-state index contributed by atoms with van der Waals surface area (Å²) in [5.74, 6) is -1.89. The van der Waals surface area contributed by atoms with Gasteiger partial charge in [0.15, 0.2) is 5.92 Å². The summed E-state index contributed by atoms with van der Waals surface area (Å²) in [7, 11) is 1.32. The minimum atomic E-state index is -0.979. The van der Waals surface area contributed by atoms with Gasteiger partial charge in [0.2, 0.25) is 0 Å². The summed E-state index contributed by atoms with van der Waals surface area (Å²) in [5.41, 5.74) is 0. The molecule has 0 aromatic heterocycles. The van der Waals surface area contributed by atoms with E-state index in [1.54, 1.807) is 13.0 Å². The van der Waals surface area contributed by atoms with Gasteiger partial charge in [0.25, 0.3) is 0 Å². The molecule has 0 aromatic rings. The van der Waals surface area contributed by atoms with Gasteiger partial charge in [-0.05, 0) is 13.3 Å². The van der Waals surface area contributed by atoms with Crippen LogP contribution in [-0.4, -0.2) is 38.4 Å². The monoisotopic (exact) mass is 240 g/mol. The highest BCUT2D eigenvalue weighted by Gasteiger charge is 2.15. The summed E-state index contributed by atoms with van der Waals surface area (Å²) < 4.78 is 9.13. The molecular weight excluding hydrogens is 224 g/mol. The average molecular weight is 240 g/mol. The zero-order valence-electron chi connectivity index (χ0n) is 10.0. The van der Waals surface area contributed by atoms with Gasteiger partial charge in [-0.3, -0.25) is 14.6 Å². The molecule has 0 fully saturated rings. The van der Waals surface area contributed by atoms with E-state index in [2.05, 4.69) is 14.5 Å². The topological polar surface area (TPSA) is 88.8 Å². The first-order chi connectivity index (χ1) is 8.15. The van der Waals surface area contributed by atoms with E-state index in [0.717, 1.165) is 0 Å². The average Bonchev–Trinajstić information content (AvgIpc) is 2.33. The van der Waals surface area contributed by atoms with E-state index in [-0.39, 0.29) is 19.0 Å². The Labute approximate surface area is 100 Å². The number of rotatable bonds is 7. The first kappa shape index (κ1) is 15.1. The molecule has 0 saturated carbocycles. The van der Waals surface area contributed by atoms with Crippen molar-refractivity contribution in [2.75, 3.05) is 20.3 Å². The third kappa shape index (κ3) is 7.06. The van der Waals surface area contributed by atoms with E-state index >= 15 is 0 Å². The zero-order chi connectivity index (χ0) is 13.1. The van der Waals surface area contributed by atoms with Crippen molar-refractivity contribution in [3.8, 4) is 6.07 Å². The van der Waals surface area contributed by atoms with Gasteiger partial charge in [0, 0.05) is 19.2 Å². The van der Waals surface area contributed by atoms with Gasteiger partial charge in [0.05, 0.1) is 19.8 Å². The van der Waals surface area contributed by atoms with Gasteiger partial charge in [-0.2, -0.15) is 5.26 Å². The van der Waals surface area contributed by atoms with Crippen LogP contribution in [0.5, 0.6) is 0 Å². The fourth-order valence-corrected chi connectivity index (χ4v) is 0.976. The van der Waals surface area contributed by atoms with Crippen molar-refractivity contribution >= 4 is 18.2 Å². The lowest BCUT2D eigenvalue weighted by molar-refractivity contribution is -0.144. The molecule has 0 heterocycles. The van der Waals surface area contributed by atoms with Crippen LogP contribution in [0.3, 0.4) is 0 Å². The number of carbonyl (C=O) groups is 2. The molecule has 0 aliphatic rings. The van der Waals surface area contributed by atoms with Crippen molar-refractivity contribution in [3.63, 3.8) is 0 Å².